The molecule has 0 aliphatic heterocycles. The van der Waals surface area contributed by atoms with Crippen molar-refractivity contribution in [1.29, 1.82) is 0 Å². The van der Waals surface area contributed by atoms with Gasteiger partial charge in [-0.25, -0.2) is 15.0 Å². The highest BCUT2D eigenvalue weighted by atomic mass is 32.1. The van der Waals surface area contributed by atoms with Gasteiger partial charge in [-0.3, -0.25) is 0 Å². The summed E-state index contributed by atoms with van der Waals surface area (Å²) in [6, 6.07) is 33.3. The average Bonchev–Trinajstić information content (AvgIpc) is 3.80. The molecule has 0 bridgehead atoms. The normalized spacial score (nSPS) is 14.1. The summed E-state index contributed by atoms with van der Waals surface area (Å²) < 4.78 is 80.7. The third kappa shape index (κ3) is 5.09. The Morgan fingerprint density at radius 2 is 1.12 bits per heavy atom. The van der Waals surface area contributed by atoms with Gasteiger partial charge in [0, 0.05) is 53.3 Å². The quantitative estimate of drug-likeness (QED) is 0.182. The lowest BCUT2D eigenvalue weighted by atomic mass is 10.0. The summed E-state index contributed by atoms with van der Waals surface area (Å²) in [5.74, 6) is -0.367. The zero-order valence-electron chi connectivity index (χ0n) is 36.1. The maximum Gasteiger partial charge on any atom is 0.164 e. The lowest BCUT2D eigenvalue weighted by Crippen LogP contribution is -2.00. The molecule has 0 aliphatic rings. The van der Waals surface area contributed by atoms with Crippen molar-refractivity contribution >= 4 is 53.3 Å². The second kappa shape index (κ2) is 11.9. The predicted molar refractivity (Wildman–Crippen MR) is 214 cm³/mol. The number of hydrogen-bond acceptors (Lipinski definition) is 4. The fourth-order valence-electron chi connectivity index (χ4n) is 6.72. The highest BCUT2D eigenvalue weighted by Crippen LogP contribution is 2.40. The van der Waals surface area contributed by atoms with Gasteiger partial charge >= 0.3 is 0 Å². The van der Waals surface area contributed by atoms with E-state index in [1.165, 1.54) is 37.9 Å². The van der Waals surface area contributed by atoms with Gasteiger partial charge in [-0.05, 0) is 60.5 Å². The van der Waals surface area contributed by atoms with Crippen molar-refractivity contribution in [2.24, 2.45) is 0 Å². The number of benzene rings is 7. The lowest BCUT2D eigenvalue weighted by Gasteiger charge is -2.11. The van der Waals surface area contributed by atoms with E-state index in [9.17, 15) is 0 Å². The van der Waals surface area contributed by atoms with Gasteiger partial charge in [0.15, 0.2) is 17.5 Å². The first-order valence-corrected chi connectivity index (χ1v) is 17.2. The van der Waals surface area contributed by atoms with E-state index in [4.69, 9.17) is 12.3 Å². The summed E-state index contributed by atoms with van der Waals surface area (Å²) >= 11 is 1.81. The van der Waals surface area contributed by atoms with Crippen LogP contribution in [0.3, 0.4) is 0 Å². The molecule has 0 fully saturated rings. The summed E-state index contributed by atoms with van der Waals surface area (Å²) in [5, 5.41) is 4.86. The molecule has 4 nitrogen and oxygen atoms in total. The van der Waals surface area contributed by atoms with Gasteiger partial charge < -0.3 is 4.57 Å². The molecule has 0 radical (unpaired) electrons. The zero-order chi connectivity index (χ0) is 41.7. The predicted octanol–water partition coefficient (Wildman–Crippen LogP) is 12.3. The third-order valence-corrected chi connectivity index (χ3v) is 10.2. The van der Waals surface area contributed by atoms with Gasteiger partial charge in [-0.2, -0.15) is 0 Å². The average molecular weight is 680 g/mol. The highest BCUT2D eigenvalue weighted by molar-refractivity contribution is 7.25. The molecule has 10 rings (SSSR count). The van der Waals surface area contributed by atoms with Crippen LogP contribution in [-0.4, -0.2) is 19.5 Å². The molecule has 3 heterocycles. The van der Waals surface area contributed by atoms with Gasteiger partial charge in [0.05, 0.1) is 23.4 Å². The van der Waals surface area contributed by atoms with E-state index >= 15 is 0 Å². The molecule has 0 N–H and O–H groups in total. The molecule has 3 aromatic heterocycles. The molecule has 240 valence electrons. The monoisotopic (exact) mass is 679 g/mol. The molecule has 0 spiro atoms. The number of hydrogen-bond donors (Lipinski definition) is 0. The maximum atomic E-state index is 8.78. The summed E-state index contributed by atoms with van der Waals surface area (Å²) in [4.78, 5) is 13.6. The van der Waals surface area contributed by atoms with Crippen molar-refractivity contribution in [3.8, 4) is 51.0 Å². The van der Waals surface area contributed by atoms with E-state index in [1.54, 1.807) is 12.1 Å². The van der Waals surface area contributed by atoms with Gasteiger partial charge in [0.25, 0.3) is 0 Å². The topological polar surface area (TPSA) is 43.6 Å². The minimum absolute atomic E-state index is 0.0699. The van der Waals surface area contributed by atoms with Crippen molar-refractivity contribution < 1.29 is 12.3 Å². The van der Waals surface area contributed by atoms with Gasteiger partial charge in [0.1, 0.15) is 0 Å². The van der Waals surface area contributed by atoms with E-state index < -0.39 is 42.3 Å². The van der Waals surface area contributed by atoms with E-state index in [1.807, 2.05) is 23.5 Å². The van der Waals surface area contributed by atoms with Crippen molar-refractivity contribution in [2.75, 3.05) is 0 Å². The van der Waals surface area contributed by atoms with E-state index in [0.29, 0.717) is 5.56 Å². The molecule has 10 aromatic rings. The van der Waals surface area contributed by atoms with Crippen LogP contribution in [0.1, 0.15) is 17.9 Å². The maximum absolute atomic E-state index is 8.78. The fourth-order valence-corrected chi connectivity index (χ4v) is 7.85. The second-order valence-electron chi connectivity index (χ2n) is 12.2. The number of fused-ring (bicyclic) bond motifs is 6. The van der Waals surface area contributed by atoms with Gasteiger partial charge in [0.2, 0.25) is 0 Å². The standard InChI is InChI=1S/C46H30N4S/c1-29-10-9-13-34(26-29)46-48-44(32-11-3-2-4-12-32)47-45(49-46)33-20-18-30(19-21-33)31-22-24-35(25-23-31)50-40-16-7-5-14-36(40)38-28-43-39(27-41(38)50)37-15-6-8-17-42(37)51-43/h2-28H,1H3/i2D,3D,4D,9D,10D,11D,12D,13D,26D. The first-order chi connectivity index (χ1) is 28.9. The molecule has 0 unspecified atom stereocenters. The molecule has 0 saturated carbocycles. The first-order valence-electron chi connectivity index (χ1n) is 20.9. The Bertz CT molecular complexity index is 3290. The van der Waals surface area contributed by atoms with E-state index in [0.717, 1.165) is 27.8 Å². The number of rotatable bonds is 5. The van der Waals surface area contributed by atoms with Crippen LogP contribution < -0.4 is 0 Å². The number of thiophene rings is 1. The number of para-hydroxylation sites is 1. The summed E-state index contributed by atoms with van der Waals surface area (Å²) in [5.41, 5.74) is 5.39. The number of nitrogens with zero attached hydrogens (tertiary/aromatic N) is 4. The Morgan fingerprint density at radius 3 is 1.90 bits per heavy atom. The lowest BCUT2D eigenvalue weighted by molar-refractivity contribution is 1.07. The minimum atomic E-state index is -0.571. The fraction of sp³-hybridized carbons (Fsp3) is 0.0217. The van der Waals surface area contributed by atoms with Crippen LogP contribution >= 0.6 is 11.3 Å². The van der Waals surface area contributed by atoms with Crippen molar-refractivity contribution in [2.45, 2.75) is 6.92 Å². The Kier molecular flexibility index (Phi) is 5.03. The molecule has 7 aromatic carbocycles. The molecular formula is C46H30N4S. The van der Waals surface area contributed by atoms with Gasteiger partial charge in [-0.1, -0.05) is 127 Å². The van der Waals surface area contributed by atoms with Crippen molar-refractivity contribution in [1.82, 2.24) is 19.5 Å². The Morgan fingerprint density at radius 1 is 0.490 bits per heavy atom. The Labute approximate surface area is 311 Å². The zero-order valence-corrected chi connectivity index (χ0v) is 27.9. The highest BCUT2D eigenvalue weighted by Gasteiger charge is 2.16. The van der Waals surface area contributed by atoms with Crippen LogP contribution in [0, 0.1) is 6.92 Å². The summed E-state index contributed by atoms with van der Waals surface area (Å²) in [6.07, 6.45) is 0. The number of aromatic nitrogens is 4. The van der Waals surface area contributed by atoms with Crippen LogP contribution in [0.15, 0.2) is 164 Å². The first kappa shape index (κ1) is 21.6. The SMILES string of the molecule is [2H]c1c([2H])c([2H])c(-c2nc(-c3ccc(-c4ccc(-n5c6ccccc6c6cc7sc8ccccc8c7cc65)cc4)cc3)nc(-c3c([2H])c([2H])c([2H])c(C)c3[2H])n2)c([2H])c1[2H]. The Hall–Kier alpha value is -6.43. The summed E-state index contributed by atoms with van der Waals surface area (Å²) in [6.45, 7) is 1.50. The summed E-state index contributed by atoms with van der Waals surface area (Å²) in [7, 11) is 0. The molecular weight excluding hydrogens is 641 g/mol. The van der Waals surface area contributed by atoms with E-state index in [2.05, 4.69) is 104 Å². The van der Waals surface area contributed by atoms with E-state index in [-0.39, 0.29) is 46.2 Å². The van der Waals surface area contributed by atoms with Crippen LogP contribution in [0.4, 0.5) is 0 Å². The molecule has 0 atom stereocenters. The Balaban J connectivity index is 1.07. The molecule has 51 heavy (non-hydrogen) atoms. The second-order valence-corrected chi connectivity index (χ2v) is 13.3. The largest absolute Gasteiger partial charge is 0.309 e. The van der Waals surface area contributed by atoms with Gasteiger partial charge in [-0.15, -0.1) is 11.3 Å². The van der Waals surface area contributed by atoms with Crippen molar-refractivity contribution in [3.05, 3.63) is 169 Å². The van der Waals surface area contributed by atoms with Crippen LogP contribution in [-0.2, 0) is 0 Å². The molecule has 5 heteroatoms. The third-order valence-electron chi connectivity index (χ3n) is 9.11. The molecule has 0 amide bonds. The molecule has 0 aliphatic carbocycles. The minimum Gasteiger partial charge on any atom is -0.309 e. The van der Waals surface area contributed by atoms with Crippen LogP contribution in [0.2, 0.25) is 0 Å². The molecule has 0 saturated heterocycles. The van der Waals surface area contributed by atoms with Crippen LogP contribution in [0.25, 0.3) is 93.0 Å². The van der Waals surface area contributed by atoms with Crippen LogP contribution in [0.5, 0.6) is 0 Å². The van der Waals surface area contributed by atoms with Crippen molar-refractivity contribution in [3.63, 3.8) is 0 Å². The smallest absolute Gasteiger partial charge is 0.164 e.